The molecule has 4 heterocycles. The lowest BCUT2D eigenvalue weighted by Crippen LogP contribution is -2.17. The number of hydrogen-bond donors (Lipinski definition) is 2. The number of hydrogen-bond acceptors (Lipinski definition) is 6. The third kappa shape index (κ3) is 3.23. The summed E-state index contributed by atoms with van der Waals surface area (Å²) in [6.07, 6.45) is 3.34. The summed E-state index contributed by atoms with van der Waals surface area (Å²) in [5.41, 5.74) is 10.6. The number of aliphatic hydroxyl groups is 1. The summed E-state index contributed by atoms with van der Waals surface area (Å²) in [5, 5.41) is 9.42. The van der Waals surface area contributed by atoms with Crippen LogP contribution in [-0.4, -0.2) is 29.2 Å². The molecule has 0 fully saturated rings. The summed E-state index contributed by atoms with van der Waals surface area (Å²) in [6, 6.07) is 18.3. The Morgan fingerprint density at radius 1 is 0.969 bits per heavy atom. The molecule has 5 aromatic rings. The van der Waals surface area contributed by atoms with Gasteiger partial charge in [0.15, 0.2) is 11.5 Å². The van der Waals surface area contributed by atoms with E-state index in [-0.39, 0.29) is 12.2 Å². The van der Waals surface area contributed by atoms with Crippen molar-refractivity contribution in [1.29, 1.82) is 0 Å². The molecule has 0 bridgehead atoms. The monoisotopic (exact) mass is 424 g/mol. The van der Waals surface area contributed by atoms with Crippen molar-refractivity contribution in [3.8, 4) is 28.3 Å². The minimum atomic E-state index is -0.130. The first kappa shape index (κ1) is 19.7. The van der Waals surface area contributed by atoms with Crippen LogP contribution in [0.5, 0.6) is 0 Å². The van der Waals surface area contributed by atoms with Gasteiger partial charge in [-0.05, 0) is 54.1 Å². The number of nitrogens with zero attached hydrogens (tertiary/aromatic N) is 5. The molecule has 0 saturated carbocycles. The average Bonchev–Trinajstić information content (AvgIpc) is 3.19. The van der Waals surface area contributed by atoms with E-state index in [1.54, 1.807) is 37.6 Å². The van der Waals surface area contributed by atoms with E-state index in [1.807, 2.05) is 47.0 Å². The molecule has 158 valence electrons. The number of fused-ring (bicyclic) bond motifs is 1. The number of benzene rings is 1. The summed E-state index contributed by atoms with van der Waals surface area (Å²) in [4.78, 5) is 26.5. The molecular weight excluding hydrogens is 404 g/mol. The first-order chi connectivity index (χ1) is 15.6. The second kappa shape index (κ2) is 7.75. The van der Waals surface area contributed by atoms with Crippen LogP contribution in [0.15, 0.2) is 77.9 Å². The van der Waals surface area contributed by atoms with E-state index < -0.39 is 0 Å². The predicted octanol–water partition coefficient (Wildman–Crippen LogP) is 2.92. The molecule has 0 aliphatic rings. The Balaban J connectivity index is 1.81. The zero-order valence-corrected chi connectivity index (χ0v) is 17.3. The van der Waals surface area contributed by atoms with Gasteiger partial charge in [-0.3, -0.25) is 9.36 Å². The van der Waals surface area contributed by atoms with Crippen molar-refractivity contribution < 1.29 is 5.11 Å². The smallest absolute Gasteiger partial charge is 0.259 e. The standard InChI is InChI=1S/C24H20N6O2/c1-29-13-3-5-17(24(29)32)19-10-11-20-23(27-19)30(16-8-6-15(14-31)7-9-16)22(28-20)18-4-2-12-26-21(18)25/h2-13,31H,14H2,1H3,(H2,25,26). The van der Waals surface area contributed by atoms with Crippen LogP contribution in [0.1, 0.15) is 5.56 Å². The molecule has 3 N–H and O–H groups in total. The van der Waals surface area contributed by atoms with Gasteiger partial charge < -0.3 is 15.4 Å². The van der Waals surface area contributed by atoms with E-state index in [4.69, 9.17) is 15.7 Å². The number of nitrogens with two attached hydrogens (primary N) is 1. The summed E-state index contributed by atoms with van der Waals surface area (Å²) in [6.45, 7) is -0.0485. The lowest BCUT2D eigenvalue weighted by molar-refractivity contribution is 0.282. The van der Waals surface area contributed by atoms with Crippen molar-refractivity contribution in [3.63, 3.8) is 0 Å². The van der Waals surface area contributed by atoms with Crippen LogP contribution in [0.4, 0.5) is 5.82 Å². The summed E-state index contributed by atoms with van der Waals surface area (Å²) in [5.74, 6) is 0.946. The van der Waals surface area contributed by atoms with Crippen LogP contribution in [0.3, 0.4) is 0 Å². The van der Waals surface area contributed by atoms with E-state index in [9.17, 15) is 9.90 Å². The van der Waals surface area contributed by atoms with Gasteiger partial charge in [-0.2, -0.15) is 0 Å². The first-order valence-corrected chi connectivity index (χ1v) is 10.0. The topological polar surface area (TPSA) is 112 Å². The molecule has 8 nitrogen and oxygen atoms in total. The summed E-state index contributed by atoms with van der Waals surface area (Å²) >= 11 is 0. The van der Waals surface area contributed by atoms with Crippen molar-refractivity contribution in [2.45, 2.75) is 6.61 Å². The molecular formula is C24H20N6O2. The van der Waals surface area contributed by atoms with E-state index in [0.717, 1.165) is 11.3 Å². The van der Waals surface area contributed by atoms with Gasteiger partial charge in [0.2, 0.25) is 0 Å². The van der Waals surface area contributed by atoms with Crippen molar-refractivity contribution in [2.24, 2.45) is 7.05 Å². The van der Waals surface area contributed by atoms with Crippen LogP contribution < -0.4 is 11.3 Å². The zero-order valence-electron chi connectivity index (χ0n) is 17.3. The molecule has 0 saturated heterocycles. The van der Waals surface area contributed by atoms with Gasteiger partial charge in [0.1, 0.15) is 11.3 Å². The molecule has 0 aliphatic heterocycles. The molecule has 0 aliphatic carbocycles. The molecule has 8 heteroatoms. The fraction of sp³-hybridized carbons (Fsp3) is 0.0833. The highest BCUT2D eigenvalue weighted by Crippen LogP contribution is 2.31. The van der Waals surface area contributed by atoms with E-state index >= 15 is 0 Å². The molecule has 5 rings (SSSR count). The zero-order chi connectivity index (χ0) is 22.2. The maximum Gasteiger partial charge on any atom is 0.259 e. The van der Waals surface area contributed by atoms with E-state index in [0.29, 0.717) is 39.6 Å². The number of nitrogen functional groups attached to an aromatic ring is 1. The van der Waals surface area contributed by atoms with Crippen molar-refractivity contribution in [3.05, 3.63) is 89.0 Å². The molecule has 0 unspecified atom stereocenters. The van der Waals surface area contributed by atoms with Gasteiger partial charge in [-0.25, -0.2) is 15.0 Å². The minimum absolute atomic E-state index is 0.0485. The van der Waals surface area contributed by atoms with Crippen molar-refractivity contribution in [2.75, 3.05) is 5.73 Å². The Hall–Kier alpha value is -4.30. The second-order valence-electron chi connectivity index (χ2n) is 7.41. The minimum Gasteiger partial charge on any atom is -0.392 e. The summed E-state index contributed by atoms with van der Waals surface area (Å²) in [7, 11) is 1.71. The third-order valence-corrected chi connectivity index (χ3v) is 5.36. The third-order valence-electron chi connectivity index (χ3n) is 5.36. The van der Waals surface area contributed by atoms with E-state index in [1.165, 1.54) is 4.57 Å². The molecule has 32 heavy (non-hydrogen) atoms. The number of aryl methyl sites for hydroxylation is 1. The van der Waals surface area contributed by atoms with Gasteiger partial charge in [0.25, 0.3) is 5.56 Å². The highest BCUT2D eigenvalue weighted by molar-refractivity contribution is 5.84. The van der Waals surface area contributed by atoms with Crippen LogP contribution >= 0.6 is 0 Å². The Kier molecular flexibility index (Phi) is 4.76. The van der Waals surface area contributed by atoms with Crippen LogP contribution in [0.2, 0.25) is 0 Å². The van der Waals surface area contributed by atoms with Crippen molar-refractivity contribution >= 4 is 17.0 Å². The predicted molar refractivity (Wildman–Crippen MR) is 123 cm³/mol. The number of aliphatic hydroxyl groups excluding tert-OH is 1. The Bertz CT molecular complexity index is 1500. The molecule has 0 atom stereocenters. The molecule has 1 aromatic carbocycles. The SMILES string of the molecule is Cn1cccc(-c2ccc3nc(-c4cccnc4N)n(-c4ccc(CO)cc4)c3n2)c1=O. The number of aromatic nitrogens is 5. The maximum atomic E-state index is 12.7. The molecule has 0 radical (unpaired) electrons. The van der Waals surface area contributed by atoms with Gasteiger partial charge in [-0.1, -0.05) is 12.1 Å². The van der Waals surface area contributed by atoms with E-state index in [2.05, 4.69) is 4.98 Å². The highest BCUT2D eigenvalue weighted by atomic mass is 16.3. The number of rotatable bonds is 4. The van der Waals surface area contributed by atoms with Crippen molar-refractivity contribution in [1.82, 2.24) is 24.1 Å². The molecule has 0 spiro atoms. The second-order valence-corrected chi connectivity index (χ2v) is 7.41. The number of pyridine rings is 3. The Morgan fingerprint density at radius 2 is 1.75 bits per heavy atom. The largest absolute Gasteiger partial charge is 0.392 e. The van der Waals surface area contributed by atoms with Gasteiger partial charge in [-0.15, -0.1) is 0 Å². The molecule has 0 amide bonds. The van der Waals surface area contributed by atoms with Gasteiger partial charge in [0, 0.05) is 25.1 Å². The maximum absolute atomic E-state index is 12.7. The fourth-order valence-electron chi connectivity index (χ4n) is 3.68. The average molecular weight is 424 g/mol. The van der Waals surface area contributed by atoms with Crippen LogP contribution in [0, 0.1) is 0 Å². The normalized spacial score (nSPS) is 11.2. The van der Waals surface area contributed by atoms with Gasteiger partial charge in [0.05, 0.1) is 23.4 Å². The highest BCUT2D eigenvalue weighted by Gasteiger charge is 2.19. The quantitative estimate of drug-likeness (QED) is 0.459. The summed E-state index contributed by atoms with van der Waals surface area (Å²) < 4.78 is 3.41. The lowest BCUT2D eigenvalue weighted by Gasteiger charge is -2.11. The number of imidazole rings is 1. The lowest BCUT2D eigenvalue weighted by atomic mass is 10.2. The molecule has 4 aromatic heterocycles. The Morgan fingerprint density at radius 3 is 2.50 bits per heavy atom. The van der Waals surface area contributed by atoms with Crippen LogP contribution in [-0.2, 0) is 13.7 Å². The fourth-order valence-corrected chi connectivity index (χ4v) is 3.68. The van der Waals surface area contributed by atoms with Crippen LogP contribution in [0.25, 0.3) is 39.5 Å². The first-order valence-electron chi connectivity index (χ1n) is 10.0. The number of anilines is 1. The van der Waals surface area contributed by atoms with Gasteiger partial charge >= 0.3 is 0 Å². The Labute approximate surface area is 183 Å².